The summed E-state index contributed by atoms with van der Waals surface area (Å²) in [5, 5.41) is 10.9. The number of benzene rings is 2. The van der Waals surface area contributed by atoms with Crippen LogP contribution in [0.3, 0.4) is 0 Å². The van der Waals surface area contributed by atoms with Gasteiger partial charge in [-0.1, -0.05) is 101 Å². The lowest BCUT2D eigenvalue weighted by Gasteiger charge is -2.35. The quantitative estimate of drug-likeness (QED) is 0.470. The maximum absolute atomic E-state index is 10.9. The first-order valence-electron chi connectivity index (χ1n) is 9.57. The van der Waals surface area contributed by atoms with Gasteiger partial charge in [-0.3, -0.25) is 0 Å². The molecule has 144 valence electrons. The summed E-state index contributed by atoms with van der Waals surface area (Å²) in [6, 6.07) is 20.8. The minimum Gasteiger partial charge on any atom is -0.506 e. The molecule has 0 saturated heterocycles. The second kappa shape index (κ2) is 8.04. The molecule has 0 aliphatic carbocycles. The van der Waals surface area contributed by atoms with Crippen molar-refractivity contribution < 1.29 is 5.11 Å². The van der Waals surface area contributed by atoms with Crippen molar-refractivity contribution in [3.63, 3.8) is 0 Å². The van der Waals surface area contributed by atoms with Crippen molar-refractivity contribution in [3.8, 4) is 0 Å². The van der Waals surface area contributed by atoms with Gasteiger partial charge in [-0.15, -0.1) is 0 Å². The van der Waals surface area contributed by atoms with Crippen molar-refractivity contribution in [1.29, 1.82) is 0 Å². The maximum Gasteiger partial charge on any atom is 0.137 e. The molecule has 0 heterocycles. The van der Waals surface area contributed by atoms with E-state index in [0.717, 1.165) is 11.1 Å². The van der Waals surface area contributed by atoms with Crippen LogP contribution >= 0.6 is 0 Å². The molecule has 3 N–H and O–H groups in total. The largest absolute Gasteiger partial charge is 0.506 e. The van der Waals surface area contributed by atoms with E-state index in [1.54, 1.807) is 6.92 Å². The summed E-state index contributed by atoms with van der Waals surface area (Å²) < 4.78 is 0. The molecule has 0 fully saturated rings. The highest BCUT2D eigenvalue weighted by molar-refractivity contribution is 5.44. The topological polar surface area (TPSA) is 46.2 Å². The summed E-state index contributed by atoms with van der Waals surface area (Å²) in [5.41, 5.74) is 9.28. The SMILES string of the molecule is C/C(N)=C(O)\C(=C/C(C)C(C)(C)c1ccccc1)C(C)(C)c1ccccc1. The minimum atomic E-state index is -0.368. The van der Waals surface area contributed by atoms with Crippen LogP contribution in [-0.4, -0.2) is 5.11 Å². The number of rotatable bonds is 6. The molecule has 2 rings (SSSR count). The molecule has 2 nitrogen and oxygen atoms in total. The zero-order valence-corrected chi connectivity index (χ0v) is 17.5. The average Bonchev–Trinajstić information content (AvgIpc) is 2.66. The van der Waals surface area contributed by atoms with Gasteiger partial charge in [-0.05, 0) is 29.4 Å². The lowest BCUT2D eigenvalue weighted by atomic mass is 9.70. The fraction of sp³-hybridized carbons (Fsp3) is 0.360. The third-order valence-electron chi connectivity index (χ3n) is 5.87. The van der Waals surface area contributed by atoms with Crippen LogP contribution in [0.15, 0.2) is 83.8 Å². The Labute approximate surface area is 164 Å². The second-order valence-corrected chi connectivity index (χ2v) is 8.48. The summed E-state index contributed by atoms with van der Waals surface area (Å²) in [6.07, 6.45) is 2.19. The van der Waals surface area contributed by atoms with Gasteiger partial charge in [0.05, 0.1) is 0 Å². The molecule has 2 aromatic rings. The molecular weight excluding hydrogens is 330 g/mol. The van der Waals surface area contributed by atoms with Gasteiger partial charge in [-0.25, -0.2) is 0 Å². The second-order valence-electron chi connectivity index (χ2n) is 8.48. The smallest absolute Gasteiger partial charge is 0.137 e. The first kappa shape index (κ1) is 20.8. The van der Waals surface area contributed by atoms with Crippen LogP contribution in [0, 0.1) is 5.92 Å². The molecule has 1 unspecified atom stereocenters. The molecular formula is C25H33NO. The zero-order valence-electron chi connectivity index (χ0n) is 17.5. The van der Waals surface area contributed by atoms with E-state index in [0.29, 0.717) is 5.70 Å². The zero-order chi connectivity index (χ0) is 20.2. The normalized spacial score (nSPS) is 15.3. The predicted molar refractivity (Wildman–Crippen MR) is 116 cm³/mol. The molecule has 0 radical (unpaired) electrons. The highest BCUT2D eigenvalue weighted by atomic mass is 16.3. The molecule has 1 atom stereocenters. The van der Waals surface area contributed by atoms with Gasteiger partial charge in [-0.2, -0.15) is 0 Å². The summed E-state index contributed by atoms with van der Waals surface area (Å²) in [7, 11) is 0. The fourth-order valence-corrected chi connectivity index (χ4v) is 3.39. The summed E-state index contributed by atoms with van der Waals surface area (Å²) in [6.45, 7) is 12.7. The van der Waals surface area contributed by atoms with Gasteiger partial charge in [0.1, 0.15) is 5.76 Å². The molecule has 0 amide bonds. The van der Waals surface area contributed by atoms with Crippen molar-refractivity contribution in [1.82, 2.24) is 0 Å². The number of hydrogen-bond acceptors (Lipinski definition) is 2. The molecule has 27 heavy (non-hydrogen) atoms. The van der Waals surface area contributed by atoms with Crippen LogP contribution in [-0.2, 0) is 10.8 Å². The van der Waals surface area contributed by atoms with Crippen molar-refractivity contribution in [2.45, 2.75) is 52.4 Å². The monoisotopic (exact) mass is 363 g/mol. The Morgan fingerprint density at radius 1 is 0.889 bits per heavy atom. The van der Waals surface area contributed by atoms with Crippen LogP contribution in [0.2, 0.25) is 0 Å². The highest BCUT2D eigenvalue weighted by Gasteiger charge is 2.33. The third-order valence-corrected chi connectivity index (χ3v) is 5.87. The van der Waals surface area contributed by atoms with Gasteiger partial charge in [0.25, 0.3) is 0 Å². The Hall–Kier alpha value is -2.48. The number of nitrogens with two attached hydrogens (primary N) is 1. The van der Waals surface area contributed by atoms with E-state index in [1.165, 1.54) is 5.56 Å². The lowest BCUT2D eigenvalue weighted by Crippen LogP contribution is -2.29. The Morgan fingerprint density at radius 2 is 1.33 bits per heavy atom. The van der Waals surface area contributed by atoms with Gasteiger partial charge in [0.15, 0.2) is 0 Å². The maximum atomic E-state index is 10.9. The molecule has 0 bridgehead atoms. The van der Waals surface area contributed by atoms with Gasteiger partial charge >= 0.3 is 0 Å². The highest BCUT2D eigenvalue weighted by Crippen LogP contribution is 2.40. The van der Waals surface area contributed by atoms with Gasteiger partial charge in [0, 0.05) is 16.7 Å². The molecule has 2 heteroatoms. The van der Waals surface area contributed by atoms with Crippen LogP contribution in [0.5, 0.6) is 0 Å². The van der Waals surface area contributed by atoms with E-state index in [4.69, 9.17) is 5.73 Å². The Bertz CT molecular complexity index is 810. The first-order chi connectivity index (χ1) is 12.6. The van der Waals surface area contributed by atoms with Gasteiger partial charge < -0.3 is 10.8 Å². The van der Waals surface area contributed by atoms with E-state index in [1.807, 2.05) is 24.3 Å². The lowest BCUT2D eigenvalue weighted by molar-refractivity contribution is 0.376. The van der Waals surface area contributed by atoms with Crippen molar-refractivity contribution in [2.75, 3.05) is 0 Å². The van der Waals surface area contributed by atoms with Crippen LogP contribution < -0.4 is 5.73 Å². The Balaban J connectivity index is 2.56. The Kier molecular flexibility index (Phi) is 6.20. The average molecular weight is 364 g/mol. The number of hydrogen-bond donors (Lipinski definition) is 2. The predicted octanol–water partition coefficient (Wildman–Crippen LogP) is 6.25. The standard InChI is InChI=1S/C25H33NO/c1-18(24(3,4)20-13-9-7-10-14-20)17-22(23(27)19(2)26)25(5,6)21-15-11-8-12-16-21/h7-18,27H,26H2,1-6H3/b22-17+,23-19-. The van der Waals surface area contributed by atoms with Crippen molar-refractivity contribution in [2.24, 2.45) is 11.7 Å². The van der Waals surface area contributed by atoms with Crippen LogP contribution in [0.1, 0.15) is 52.7 Å². The van der Waals surface area contributed by atoms with Crippen molar-refractivity contribution >= 4 is 0 Å². The van der Waals surface area contributed by atoms with Crippen LogP contribution in [0.4, 0.5) is 0 Å². The molecule has 2 aromatic carbocycles. The van der Waals surface area contributed by atoms with Crippen molar-refractivity contribution in [3.05, 3.63) is 94.9 Å². The summed E-state index contributed by atoms with van der Waals surface area (Å²) in [4.78, 5) is 0. The van der Waals surface area contributed by atoms with Gasteiger partial charge in [0.2, 0.25) is 0 Å². The molecule has 0 spiro atoms. The third kappa shape index (κ3) is 4.44. The van der Waals surface area contributed by atoms with E-state index >= 15 is 0 Å². The number of aliphatic hydroxyl groups is 1. The Morgan fingerprint density at radius 3 is 1.78 bits per heavy atom. The molecule has 0 saturated carbocycles. The number of aliphatic hydroxyl groups excluding tert-OH is 1. The first-order valence-corrected chi connectivity index (χ1v) is 9.57. The molecule has 0 aromatic heterocycles. The molecule has 0 aliphatic heterocycles. The van der Waals surface area contributed by atoms with E-state index < -0.39 is 0 Å². The van der Waals surface area contributed by atoms with E-state index in [9.17, 15) is 5.11 Å². The molecule has 0 aliphatic rings. The van der Waals surface area contributed by atoms with Crippen LogP contribution in [0.25, 0.3) is 0 Å². The summed E-state index contributed by atoms with van der Waals surface area (Å²) >= 11 is 0. The summed E-state index contributed by atoms with van der Waals surface area (Å²) in [5.74, 6) is 0.374. The van der Waals surface area contributed by atoms with E-state index in [2.05, 4.69) is 77.1 Å². The number of allylic oxidation sites excluding steroid dienone is 3. The fourth-order valence-electron chi connectivity index (χ4n) is 3.39. The van der Waals surface area contributed by atoms with E-state index in [-0.39, 0.29) is 22.5 Å². The minimum absolute atomic E-state index is 0.0813.